The molecule has 0 atom stereocenters. The Hall–Kier alpha value is -2.98. The zero-order valence-electron chi connectivity index (χ0n) is 15.7. The molecule has 1 heterocycles. The molecule has 10 heteroatoms. The van der Waals surface area contributed by atoms with Crippen LogP contribution >= 0.6 is 0 Å². The highest BCUT2D eigenvalue weighted by Crippen LogP contribution is 2.22. The molecule has 1 aliphatic rings. The summed E-state index contributed by atoms with van der Waals surface area (Å²) in [4.78, 5) is 22.4. The number of nitro groups is 1. The first-order valence-electron chi connectivity index (χ1n) is 9.25. The number of carbonyl (C=O) groups excluding carboxylic acids is 1. The van der Waals surface area contributed by atoms with E-state index in [1.807, 2.05) is 0 Å². The Labute approximate surface area is 168 Å². The van der Waals surface area contributed by atoms with Gasteiger partial charge in [-0.3, -0.25) is 14.9 Å². The second-order valence-corrected chi connectivity index (χ2v) is 8.63. The van der Waals surface area contributed by atoms with Crippen LogP contribution in [0.3, 0.4) is 0 Å². The van der Waals surface area contributed by atoms with Crippen molar-refractivity contribution >= 4 is 33.0 Å². The van der Waals surface area contributed by atoms with Gasteiger partial charge in [-0.25, -0.2) is 8.42 Å². The lowest BCUT2D eigenvalue weighted by molar-refractivity contribution is -0.384. The molecule has 3 rings (SSSR count). The summed E-state index contributed by atoms with van der Waals surface area (Å²) in [5.74, 6) is -0.330. The van der Waals surface area contributed by atoms with Crippen molar-refractivity contribution in [2.75, 3.05) is 30.3 Å². The van der Waals surface area contributed by atoms with Crippen LogP contribution in [0.15, 0.2) is 53.4 Å². The molecule has 154 valence electrons. The molecule has 1 fully saturated rings. The third kappa shape index (κ3) is 5.30. The first-order chi connectivity index (χ1) is 13.9. The molecule has 0 saturated carbocycles. The van der Waals surface area contributed by atoms with Crippen molar-refractivity contribution in [3.63, 3.8) is 0 Å². The maximum atomic E-state index is 12.6. The topological polar surface area (TPSA) is 122 Å². The number of benzene rings is 2. The summed E-state index contributed by atoms with van der Waals surface area (Å²) in [5.41, 5.74) is 1.01. The van der Waals surface area contributed by atoms with Crippen LogP contribution < -0.4 is 10.6 Å². The summed E-state index contributed by atoms with van der Waals surface area (Å²) < 4.78 is 26.8. The number of hydrogen-bond donors (Lipinski definition) is 2. The standard InChI is InChI=1S/C19H22N4O5S/c24-19(21-16-4-8-17(9-5-16)23(25)26)14-20-15-6-10-18(11-7-15)29(27,28)22-12-2-1-3-13-22/h4-11,20H,1-3,12-14H2,(H,21,24). The molecule has 0 unspecified atom stereocenters. The first kappa shape index (κ1) is 20.7. The average Bonchev–Trinajstić information content (AvgIpc) is 2.73. The van der Waals surface area contributed by atoms with E-state index in [-0.39, 0.29) is 23.0 Å². The molecule has 1 aliphatic heterocycles. The predicted molar refractivity (Wildman–Crippen MR) is 109 cm³/mol. The van der Waals surface area contributed by atoms with Crippen LogP contribution in [-0.2, 0) is 14.8 Å². The van der Waals surface area contributed by atoms with Gasteiger partial charge in [-0.2, -0.15) is 4.31 Å². The quantitative estimate of drug-likeness (QED) is 0.527. The predicted octanol–water partition coefficient (Wildman–Crippen LogP) is 2.82. The molecular formula is C19H22N4O5S. The molecule has 0 radical (unpaired) electrons. The van der Waals surface area contributed by atoms with Crippen molar-refractivity contribution in [2.24, 2.45) is 0 Å². The molecule has 1 amide bonds. The molecule has 2 N–H and O–H groups in total. The Morgan fingerprint density at radius 1 is 0.966 bits per heavy atom. The van der Waals surface area contributed by atoms with Gasteiger partial charge in [0, 0.05) is 36.6 Å². The number of piperidine rings is 1. The minimum Gasteiger partial charge on any atom is -0.376 e. The highest BCUT2D eigenvalue weighted by molar-refractivity contribution is 7.89. The fraction of sp³-hybridized carbons (Fsp3) is 0.316. The van der Waals surface area contributed by atoms with Gasteiger partial charge in [0.25, 0.3) is 5.69 Å². The number of hydrogen-bond acceptors (Lipinski definition) is 6. The van der Waals surface area contributed by atoms with Crippen LogP contribution in [0.1, 0.15) is 19.3 Å². The Balaban J connectivity index is 1.54. The third-order valence-electron chi connectivity index (χ3n) is 4.62. The van der Waals surface area contributed by atoms with Crippen LogP contribution in [0.4, 0.5) is 17.1 Å². The number of sulfonamides is 1. The zero-order valence-corrected chi connectivity index (χ0v) is 16.5. The number of amides is 1. The fourth-order valence-corrected chi connectivity index (χ4v) is 4.57. The second-order valence-electron chi connectivity index (χ2n) is 6.69. The summed E-state index contributed by atoms with van der Waals surface area (Å²) in [5, 5.41) is 16.2. The van der Waals surface area contributed by atoms with Gasteiger partial charge in [0.1, 0.15) is 0 Å². The molecule has 0 bridgehead atoms. The summed E-state index contributed by atoms with van der Waals surface area (Å²) in [6, 6.07) is 11.8. The molecule has 1 saturated heterocycles. The van der Waals surface area contributed by atoms with E-state index in [0.29, 0.717) is 24.5 Å². The van der Waals surface area contributed by atoms with Crippen molar-refractivity contribution in [2.45, 2.75) is 24.2 Å². The van der Waals surface area contributed by atoms with Gasteiger partial charge in [-0.05, 0) is 49.2 Å². The molecule has 2 aromatic rings. The highest BCUT2D eigenvalue weighted by Gasteiger charge is 2.25. The smallest absolute Gasteiger partial charge is 0.269 e. The number of rotatable bonds is 7. The second kappa shape index (κ2) is 9.01. The SMILES string of the molecule is O=C(CNc1ccc(S(=O)(=O)N2CCCCC2)cc1)Nc1ccc([N+](=O)[O-])cc1. The van der Waals surface area contributed by atoms with Gasteiger partial charge < -0.3 is 10.6 Å². The van der Waals surface area contributed by atoms with E-state index in [4.69, 9.17) is 0 Å². The minimum atomic E-state index is -3.48. The summed E-state index contributed by atoms with van der Waals surface area (Å²) >= 11 is 0. The van der Waals surface area contributed by atoms with Gasteiger partial charge in [-0.1, -0.05) is 6.42 Å². The van der Waals surface area contributed by atoms with E-state index in [1.54, 1.807) is 12.1 Å². The van der Waals surface area contributed by atoms with Gasteiger partial charge in [0.05, 0.1) is 16.4 Å². The molecule has 0 aromatic heterocycles. The molecular weight excluding hydrogens is 396 g/mol. The van der Waals surface area contributed by atoms with Crippen molar-refractivity contribution in [1.29, 1.82) is 0 Å². The summed E-state index contributed by atoms with van der Waals surface area (Å²) in [7, 11) is -3.48. The molecule has 9 nitrogen and oxygen atoms in total. The number of carbonyl (C=O) groups is 1. The lowest BCUT2D eigenvalue weighted by Crippen LogP contribution is -2.35. The van der Waals surface area contributed by atoms with E-state index in [1.165, 1.54) is 40.7 Å². The fourth-order valence-electron chi connectivity index (χ4n) is 3.05. The molecule has 29 heavy (non-hydrogen) atoms. The van der Waals surface area contributed by atoms with Crippen LogP contribution in [0.2, 0.25) is 0 Å². The van der Waals surface area contributed by atoms with Crippen LogP contribution in [0.5, 0.6) is 0 Å². The zero-order chi connectivity index (χ0) is 20.9. The Morgan fingerprint density at radius 2 is 1.55 bits per heavy atom. The number of nitrogens with zero attached hydrogens (tertiary/aromatic N) is 2. The molecule has 0 aliphatic carbocycles. The van der Waals surface area contributed by atoms with E-state index >= 15 is 0 Å². The lowest BCUT2D eigenvalue weighted by atomic mass is 10.2. The minimum absolute atomic E-state index is 0.0325. The lowest BCUT2D eigenvalue weighted by Gasteiger charge is -2.25. The normalized spacial score (nSPS) is 14.9. The monoisotopic (exact) mass is 418 g/mol. The van der Waals surface area contributed by atoms with Gasteiger partial charge in [0.15, 0.2) is 0 Å². The van der Waals surface area contributed by atoms with E-state index in [9.17, 15) is 23.3 Å². The maximum absolute atomic E-state index is 12.6. The summed E-state index contributed by atoms with van der Waals surface area (Å²) in [6.45, 7) is 1.06. The van der Waals surface area contributed by atoms with E-state index < -0.39 is 14.9 Å². The van der Waals surface area contributed by atoms with E-state index in [0.717, 1.165) is 19.3 Å². The van der Waals surface area contributed by atoms with Gasteiger partial charge >= 0.3 is 0 Å². The number of non-ortho nitro benzene ring substituents is 1. The van der Waals surface area contributed by atoms with Crippen LogP contribution in [0, 0.1) is 10.1 Å². The van der Waals surface area contributed by atoms with Crippen LogP contribution in [-0.4, -0.2) is 43.2 Å². The Kier molecular flexibility index (Phi) is 6.45. The Morgan fingerprint density at radius 3 is 2.14 bits per heavy atom. The number of nitro benzene ring substituents is 1. The number of nitrogens with one attached hydrogen (secondary N) is 2. The number of anilines is 2. The van der Waals surface area contributed by atoms with Crippen molar-refractivity contribution in [3.8, 4) is 0 Å². The van der Waals surface area contributed by atoms with Crippen molar-refractivity contribution in [3.05, 3.63) is 58.6 Å². The largest absolute Gasteiger partial charge is 0.376 e. The van der Waals surface area contributed by atoms with Crippen LogP contribution in [0.25, 0.3) is 0 Å². The first-order valence-corrected chi connectivity index (χ1v) is 10.7. The van der Waals surface area contributed by atoms with Gasteiger partial charge in [-0.15, -0.1) is 0 Å². The third-order valence-corrected chi connectivity index (χ3v) is 6.53. The van der Waals surface area contributed by atoms with Gasteiger partial charge in [0.2, 0.25) is 15.9 Å². The van der Waals surface area contributed by atoms with E-state index in [2.05, 4.69) is 10.6 Å². The average molecular weight is 418 g/mol. The maximum Gasteiger partial charge on any atom is 0.269 e. The van der Waals surface area contributed by atoms with Crippen molar-refractivity contribution in [1.82, 2.24) is 4.31 Å². The van der Waals surface area contributed by atoms with Crippen molar-refractivity contribution < 1.29 is 18.1 Å². The molecule has 2 aromatic carbocycles. The summed E-state index contributed by atoms with van der Waals surface area (Å²) in [6.07, 6.45) is 2.81. The molecule has 0 spiro atoms. The highest BCUT2D eigenvalue weighted by atomic mass is 32.2. The Bertz CT molecular complexity index is 969.